The van der Waals surface area contributed by atoms with Crippen molar-refractivity contribution >= 4 is 22.4 Å². The predicted molar refractivity (Wildman–Crippen MR) is 80.5 cm³/mol. The summed E-state index contributed by atoms with van der Waals surface area (Å²) in [5.74, 6) is 1.63. The monoisotopic (exact) mass is 278 g/mol. The maximum Gasteiger partial charge on any atom is 0.138 e. The van der Waals surface area contributed by atoms with E-state index in [0.717, 1.165) is 41.7 Å². The van der Waals surface area contributed by atoms with Gasteiger partial charge in [-0.25, -0.2) is 0 Å². The van der Waals surface area contributed by atoms with Crippen molar-refractivity contribution in [2.75, 3.05) is 13.2 Å². The maximum atomic E-state index is 6.21. The quantitative estimate of drug-likeness (QED) is 0.734. The van der Waals surface area contributed by atoms with Gasteiger partial charge in [0.15, 0.2) is 0 Å². The Morgan fingerprint density at radius 3 is 2.37 bits per heavy atom. The highest BCUT2D eigenvalue weighted by molar-refractivity contribution is 6.32. The van der Waals surface area contributed by atoms with Gasteiger partial charge in [-0.1, -0.05) is 31.5 Å². The van der Waals surface area contributed by atoms with E-state index < -0.39 is 0 Å². The molecule has 0 aliphatic carbocycles. The van der Waals surface area contributed by atoms with Gasteiger partial charge >= 0.3 is 0 Å². The second kappa shape index (κ2) is 6.67. The third kappa shape index (κ3) is 3.54. The first-order valence-corrected chi connectivity index (χ1v) is 7.11. The third-order valence-electron chi connectivity index (χ3n) is 2.80. The fraction of sp³-hybridized carbons (Fsp3) is 0.375. The first-order chi connectivity index (χ1) is 9.24. The van der Waals surface area contributed by atoms with Gasteiger partial charge in [-0.05, 0) is 47.9 Å². The van der Waals surface area contributed by atoms with Crippen LogP contribution in [0, 0.1) is 0 Å². The molecule has 2 nitrogen and oxygen atoms in total. The molecule has 0 N–H and O–H groups in total. The summed E-state index contributed by atoms with van der Waals surface area (Å²) in [5, 5.41) is 2.84. The topological polar surface area (TPSA) is 18.5 Å². The summed E-state index contributed by atoms with van der Waals surface area (Å²) in [5.41, 5.74) is 0. The average Bonchev–Trinajstić information content (AvgIpc) is 2.43. The molecule has 0 amide bonds. The standard InChI is InChI=1S/C16H19ClO2/c1-3-7-18-14-6-5-12-10-15(17)16(19-8-4-2)11-13(12)9-14/h5-6,9-11H,3-4,7-8H2,1-2H3. The van der Waals surface area contributed by atoms with Crippen LogP contribution in [0.2, 0.25) is 5.02 Å². The molecule has 0 saturated heterocycles. The molecule has 3 heteroatoms. The van der Waals surface area contributed by atoms with Gasteiger partial charge in [-0.2, -0.15) is 0 Å². The van der Waals surface area contributed by atoms with Crippen molar-refractivity contribution in [3.05, 3.63) is 35.4 Å². The lowest BCUT2D eigenvalue weighted by Crippen LogP contribution is -1.96. The van der Waals surface area contributed by atoms with Gasteiger partial charge in [0.1, 0.15) is 11.5 Å². The molecule has 0 aromatic heterocycles. The second-order valence-corrected chi connectivity index (χ2v) is 4.90. The summed E-state index contributed by atoms with van der Waals surface area (Å²) in [6, 6.07) is 9.94. The van der Waals surface area contributed by atoms with Crippen molar-refractivity contribution in [2.24, 2.45) is 0 Å². The minimum atomic E-state index is 0.656. The Bertz CT molecular complexity index is 552. The van der Waals surface area contributed by atoms with Crippen LogP contribution in [0.3, 0.4) is 0 Å². The van der Waals surface area contributed by atoms with Crippen LogP contribution in [0.1, 0.15) is 26.7 Å². The van der Waals surface area contributed by atoms with E-state index in [4.69, 9.17) is 21.1 Å². The molecule has 0 fully saturated rings. The van der Waals surface area contributed by atoms with Crippen LogP contribution < -0.4 is 9.47 Å². The van der Waals surface area contributed by atoms with E-state index >= 15 is 0 Å². The Hall–Kier alpha value is -1.41. The zero-order chi connectivity index (χ0) is 13.7. The molecule has 0 radical (unpaired) electrons. The first-order valence-electron chi connectivity index (χ1n) is 6.73. The number of benzene rings is 2. The lowest BCUT2D eigenvalue weighted by molar-refractivity contribution is 0.317. The van der Waals surface area contributed by atoms with Crippen molar-refractivity contribution < 1.29 is 9.47 Å². The molecule has 0 bridgehead atoms. The highest BCUT2D eigenvalue weighted by Crippen LogP contribution is 2.32. The van der Waals surface area contributed by atoms with Crippen LogP contribution in [0.5, 0.6) is 11.5 Å². The number of halogens is 1. The smallest absolute Gasteiger partial charge is 0.138 e. The van der Waals surface area contributed by atoms with Crippen LogP contribution >= 0.6 is 11.6 Å². The molecule has 19 heavy (non-hydrogen) atoms. The Balaban J connectivity index is 2.31. The molecule has 0 heterocycles. The number of hydrogen-bond acceptors (Lipinski definition) is 2. The average molecular weight is 279 g/mol. The van der Waals surface area contributed by atoms with Gasteiger partial charge in [0, 0.05) is 0 Å². The molecule has 102 valence electrons. The van der Waals surface area contributed by atoms with Crippen molar-refractivity contribution in [1.29, 1.82) is 0 Å². The molecule has 2 rings (SSSR count). The Morgan fingerprint density at radius 1 is 0.895 bits per heavy atom. The molecule has 2 aromatic carbocycles. The molecule has 0 saturated carbocycles. The molecule has 0 spiro atoms. The number of ether oxygens (including phenoxy) is 2. The summed E-state index contributed by atoms with van der Waals surface area (Å²) in [6.45, 7) is 5.58. The Morgan fingerprint density at radius 2 is 1.63 bits per heavy atom. The SMILES string of the molecule is CCCOc1ccc2cc(Cl)c(OCCC)cc2c1. The third-order valence-corrected chi connectivity index (χ3v) is 3.09. The van der Waals surface area contributed by atoms with E-state index in [1.807, 2.05) is 30.3 Å². The number of rotatable bonds is 6. The van der Waals surface area contributed by atoms with Crippen LogP contribution in [0.15, 0.2) is 30.3 Å². The Kier molecular flexibility index (Phi) is 4.92. The van der Waals surface area contributed by atoms with Crippen LogP contribution in [-0.2, 0) is 0 Å². The van der Waals surface area contributed by atoms with Gasteiger partial charge in [-0.3, -0.25) is 0 Å². The zero-order valence-corrected chi connectivity index (χ0v) is 12.2. The molecule has 0 aliphatic rings. The Labute approximate surface area is 119 Å². The fourth-order valence-electron chi connectivity index (χ4n) is 1.86. The minimum Gasteiger partial charge on any atom is -0.494 e. The maximum absolute atomic E-state index is 6.21. The molecular weight excluding hydrogens is 260 g/mol. The fourth-order valence-corrected chi connectivity index (χ4v) is 2.09. The summed E-state index contributed by atoms with van der Waals surface area (Å²) >= 11 is 6.21. The molecule has 0 aliphatic heterocycles. The van der Waals surface area contributed by atoms with Crippen molar-refractivity contribution in [2.45, 2.75) is 26.7 Å². The summed E-state index contributed by atoms with van der Waals surface area (Å²) in [6.07, 6.45) is 1.97. The van der Waals surface area contributed by atoms with Gasteiger partial charge in [-0.15, -0.1) is 0 Å². The molecular formula is C16H19ClO2. The highest BCUT2D eigenvalue weighted by atomic mass is 35.5. The second-order valence-electron chi connectivity index (χ2n) is 4.49. The summed E-state index contributed by atoms with van der Waals surface area (Å²) in [7, 11) is 0. The van der Waals surface area contributed by atoms with Crippen LogP contribution in [-0.4, -0.2) is 13.2 Å². The van der Waals surface area contributed by atoms with E-state index in [-0.39, 0.29) is 0 Å². The normalized spacial score (nSPS) is 10.7. The van der Waals surface area contributed by atoms with Crippen LogP contribution in [0.4, 0.5) is 0 Å². The van der Waals surface area contributed by atoms with Gasteiger partial charge < -0.3 is 9.47 Å². The van der Waals surface area contributed by atoms with E-state index in [2.05, 4.69) is 13.8 Å². The van der Waals surface area contributed by atoms with E-state index in [1.54, 1.807) is 0 Å². The van der Waals surface area contributed by atoms with Gasteiger partial charge in [0.25, 0.3) is 0 Å². The predicted octanol–water partition coefficient (Wildman–Crippen LogP) is 5.07. The summed E-state index contributed by atoms with van der Waals surface area (Å²) in [4.78, 5) is 0. The molecule has 0 atom stereocenters. The van der Waals surface area contributed by atoms with Crippen molar-refractivity contribution in [3.8, 4) is 11.5 Å². The van der Waals surface area contributed by atoms with Crippen molar-refractivity contribution in [3.63, 3.8) is 0 Å². The largest absolute Gasteiger partial charge is 0.494 e. The first kappa shape index (κ1) is 14.0. The number of fused-ring (bicyclic) bond motifs is 1. The van der Waals surface area contributed by atoms with E-state index in [1.165, 1.54) is 0 Å². The minimum absolute atomic E-state index is 0.656. The summed E-state index contributed by atoms with van der Waals surface area (Å²) < 4.78 is 11.3. The van der Waals surface area contributed by atoms with Gasteiger partial charge in [0.2, 0.25) is 0 Å². The molecule has 0 unspecified atom stereocenters. The highest BCUT2D eigenvalue weighted by Gasteiger charge is 2.05. The van der Waals surface area contributed by atoms with E-state index in [9.17, 15) is 0 Å². The number of hydrogen-bond donors (Lipinski definition) is 0. The molecule has 2 aromatic rings. The van der Waals surface area contributed by atoms with Gasteiger partial charge in [0.05, 0.1) is 18.2 Å². The van der Waals surface area contributed by atoms with E-state index in [0.29, 0.717) is 11.6 Å². The van der Waals surface area contributed by atoms with Crippen molar-refractivity contribution in [1.82, 2.24) is 0 Å². The van der Waals surface area contributed by atoms with Crippen LogP contribution in [0.25, 0.3) is 10.8 Å². The lowest BCUT2D eigenvalue weighted by atomic mass is 10.1. The lowest BCUT2D eigenvalue weighted by Gasteiger charge is -2.10. The zero-order valence-electron chi connectivity index (χ0n) is 11.4.